The minimum Gasteiger partial charge on any atom is -0.478 e. The molecule has 7 heteroatoms. The van der Waals surface area contributed by atoms with Crippen molar-refractivity contribution in [2.75, 3.05) is 11.1 Å². The number of aromatic carboxylic acids is 1. The summed E-state index contributed by atoms with van der Waals surface area (Å²) in [6, 6.07) is 11.1. The molecule has 26 heavy (non-hydrogen) atoms. The summed E-state index contributed by atoms with van der Waals surface area (Å²) >= 11 is 0. The molecule has 0 bridgehead atoms. The number of carboxylic acids is 1. The first kappa shape index (κ1) is 19.7. The normalized spacial score (nSPS) is 11.2. The molecule has 0 aromatic heterocycles. The summed E-state index contributed by atoms with van der Waals surface area (Å²) in [6.45, 7) is 3.38. The largest absolute Gasteiger partial charge is 0.478 e. The van der Waals surface area contributed by atoms with Crippen LogP contribution < -0.4 is 5.32 Å². The third-order valence-electron chi connectivity index (χ3n) is 4.06. The molecule has 0 aliphatic heterocycles. The Morgan fingerprint density at radius 1 is 1.08 bits per heavy atom. The van der Waals surface area contributed by atoms with Gasteiger partial charge in [-0.05, 0) is 48.7 Å². The van der Waals surface area contributed by atoms with Crippen LogP contribution >= 0.6 is 0 Å². The number of carboxylic acid groups (broad SMARTS) is 1. The number of benzene rings is 2. The van der Waals surface area contributed by atoms with Gasteiger partial charge in [0, 0.05) is 12.1 Å². The van der Waals surface area contributed by atoms with E-state index in [1.54, 1.807) is 44.2 Å². The lowest BCUT2D eigenvalue weighted by molar-refractivity contribution is -0.116. The average molecular weight is 375 g/mol. The van der Waals surface area contributed by atoms with Crippen LogP contribution in [-0.2, 0) is 21.1 Å². The van der Waals surface area contributed by atoms with E-state index < -0.39 is 15.8 Å². The number of carbonyl (C=O) groups is 2. The van der Waals surface area contributed by atoms with Gasteiger partial charge in [-0.2, -0.15) is 0 Å². The molecule has 0 atom stereocenters. The van der Waals surface area contributed by atoms with Crippen LogP contribution in [-0.4, -0.2) is 31.2 Å². The number of hydrogen-bond acceptors (Lipinski definition) is 4. The molecule has 138 valence electrons. The molecule has 0 aliphatic carbocycles. The van der Waals surface area contributed by atoms with Crippen molar-refractivity contribution in [3.63, 3.8) is 0 Å². The van der Waals surface area contributed by atoms with Gasteiger partial charge in [0.15, 0.2) is 9.84 Å². The molecule has 0 saturated carbocycles. The Balaban J connectivity index is 1.99. The van der Waals surface area contributed by atoms with Crippen LogP contribution in [0.15, 0.2) is 47.4 Å². The van der Waals surface area contributed by atoms with Gasteiger partial charge in [0.1, 0.15) is 0 Å². The summed E-state index contributed by atoms with van der Waals surface area (Å²) in [6.07, 6.45) is 0.659. The van der Waals surface area contributed by atoms with E-state index >= 15 is 0 Å². The first-order valence-electron chi connectivity index (χ1n) is 8.18. The summed E-state index contributed by atoms with van der Waals surface area (Å²) in [5.74, 6) is -1.24. The zero-order valence-electron chi connectivity index (χ0n) is 14.7. The third-order valence-corrected chi connectivity index (χ3v) is 5.81. The molecule has 6 nitrogen and oxygen atoms in total. The van der Waals surface area contributed by atoms with E-state index in [0.29, 0.717) is 12.1 Å². The fraction of sp³-hybridized carbons (Fsp3) is 0.263. The molecule has 1 amide bonds. The molecule has 0 unspecified atom stereocenters. The second-order valence-corrected chi connectivity index (χ2v) is 8.21. The lowest BCUT2D eigenvalue weighted by atomic mass is 10.1. The first-order valence-corrected chi connectivity index (χ1v) is 9.83. The number of sulfone groups is 1. The number of aryl methyl sites for hydroxylation is 2. The van der Waals surface area contributed by atoms with E-state index in [9.17, 15) is 18.0 Å². The Bertz CT molecular complexity index is 917. The predicted molar refractivity (Wildman–Crippen MR) is 99.3 cm³/mol. The van der Waals surface area contributed by atoms with Gasteiger partial charge in [0.2, 0.25) is 5.91 Å². The highest BCUT2D eigenvalue weighted by Crippen LogP contribution is 2.18. The van der Waals surface area contributed by atoms with Crippen molar-refractivity contribution in [3.05, 3.63) is 59.2 Å². The molecule has 0 radical (unpaired) electrons. The van der Waals surface area contributed by atoms with Gasteiger partial charge >= 0.3 is 5.97 Å². The van der Waals surface area contributed by atoms with E-state index in [-0.39, 0.29) is 28.5 Å². The van der Waals surface area contributed by atoms with Gasteiger partial charge < -0.3 is 10.4 Å². The number of anilines is 1. The van der Waals surface area contributed by atoms with Crippen molar-refractivity contribution in [3.8, 4) is 0 Å². The minimum atomic E-state index is -3.23. The maximum atomic E-state index is 12.1. The average Bonchev–Trinajstić information content (AvgIpc) is 2.62. The molecule has 2 rings (SSSR count). The number of carbonyl (C=O) groups excluding carboxylic acids is 1. The maximum absolute atomic E-state index is 12.1. The molecule has 0 spiro atoms. The zero-order valence-corrected chi connectivity index (χ0v) is 15.5. The number of nitrogens with one attached hydrogen (secondary N) is 1. The maximum Gasteiger partial charge on any atom is 0.335 e. The quantitative estimate of drug-likeness (QED) is 0.775. The van der Waals surface area contributed by atoms with Gasteiger partial charge in [-0.15, -0.1) is 0 Å². The highest BCUT2D eigenvalue weighted by molar-refractivity contribution is 7.91. The van der Waals surface area contributed by atoms with Crippen LogP contribution in [0.5, 0.6) is 0 Å². The van der Waals surface area contributed by atoms with Crippen LogP contribution in [0.2, 0.25) is 0 Å². The summed E-state index contributed by atoms with van der Waals surface area (Å²) in [4.78, 5) is 23.4. The van der Waals surface area contributed by atoms with Gasteiger partial charge in [0.05, 0.1) is 16.2 Å². The first-order chi connectivity index (χ1) is 12.2. The smallest absolute Gasteiger partial charge is 0.335 e. The van der Waals surface area contributed by atoms with Crippen molar-refractivity contribution in [1.82, 2.24) is 0 Å². The van der Waals surface area contributed by atoms with Gasteiger partial charge in [-0.25, -0.2) is 13.2 Å². The molecular weight excluding hydrogens is 354 g/mol. The Morgan fingerprint density at radius 3 is 2.31 bits per heavy atom. The molecule has 0 heterocycles. The van der Waals surface area contributed by atoms with Crippen molar-refractivity contribution in [2.24, 2.45) is 0 Å². The van der Waals surface area contributed by atoms with Gasteiger partial charge in [0.25, 0.3) is 0 Å². The summed E-state index contributed by atoms with van der Waals surface area (Å²) in [7, 11) is -3.23. The highest BCUT2D eigenvalue weighted by Gasteiger charge is 2.12. The Hall–Kier alpha value is -2.67. The molecular formula is C19H21NO5S. The van der Waals surface area contributed by atoms with Crippen LogP contribution in [0.4, 0.5) is 5.69 Å². The summed E-state index contributed by atoms with van der Waals surface area (Å²) < 4.78 is 23.6. The fourth-order valence-electron chi connectivity index (χ4n) is 2.39. The Kier molecular flexibility index (Phi) is 6.15. The van der Waals surface area contributed by atoms with Gasteiger partial charge in [-0.1, -0.05) is 25.1 Å². The number of rotatable bonds is 7. The molecule has 0 aliphatic rings. The molecule has 0 fully saturated rings. The SMILES string of the molecule is CCS(=O)(=O)c1ccc(CCC(=O)Nc2cc(C(=O)O)ccc2C)cc1. The Labute approximate surface area is 152 Å². The topological polar surface area (TPSA) is 101 Å². The molecule has 0 saturated heterocycles. The van der Waals surface area contributed by atoms with Crippen molar-refractivity contribution in [2.45, 2.75) is 31.6 Å². The lowest BCUT2D eigenvalue weighted by Crippen LogP contribution is -2.14. The minimum absolute atomic E-state index is 0.0451. The molecule has 2 aromatic carbocycles. The third kappa shape index (κ3) is 4.92. The van der Waals surface area contributed by atoms with Crippen LogP contribution in [0.3, 0.4) is 0 Å². The number of amides is 1. The monoisotopic (exact) mass is 375 g/mol. The second-order valence-electron chi connectivity index (χ2n) is 5.93. The van der Waals surface area contributed by atoms with E-state index in [1.807, 2.05) is 0 Å². The van der Waals surface area contributed by atoms with Crippen molar-refractivity contribution >= 4 is 27.4 Å². The van der Waals surface area contributed by atoms with E-state index in [2.05, 4.69) is 5.32 Å². The summed E-state index contributed by atoms with van der Waals surface area (Å²) in [5, 5.41) is 11.8. The predicted octanol–water partition coefficient (Wildman–Crippen LogP) is 3.06. The molecule has 2 aromatic rings. The van der Waals surface area contributed by atoms with Crippen molar-refractivity contribution in [1.29, 1.82) is 0 Å². The number of hydrogen-bond donors (Lipinski definition) is 2. The van der Waals surface area contributed by atoms with E-state index in [1.165, 1.54) is 12.1 Å². The van der Waals surface area contributed by atoms with Crippen LogP contribution in [0.25, 0.3) is 0 Å². The standard InChI is InChI=1S/C19H21NO5S/c1-3-26(24,25)16-9-5-14(6-10-16)7-11-18(21)20-17-12-15(19(22)23)8-4-13(17)2/h4-6,8-10,12H,3,7,11H2,1-2H3,(H,20,21)(H,22,23). The lowest BCUT2D eigenvalue weighted by Gasteiger charge is -2.10. The molecule has 2 N–H and O–H groups in total. The van der Waals surface area contributed by atoms with Crippen LogP contribution in [0.1, 0.15) is 34.8 Å². The Morgan fingerprint density at radius 2 is 1.73 bits per heavy atom. The highest BCUT2D eigenvalue weighted by atomic mass is 32.2. The summed E-state index contributed by atoms with van der Waals surface area (Å²) in [5.41, 5.74) is 2.21. The zero-order chi connectivity index (χ0) is 19.3. The van der Waals surface area contributed by atoms with E-state index in [0.717, 1.165) is 11.1 Å². The second kappa shape index (κ2) is 8.14. The van der Waals surface area contributed by atoms with E-state index in [4.69, 9.17) is 5.11 Å². The van der Waals surface area contributed by atoms with Crippen molar-refractivity contribution < 1.29 is 23.1 Å². The van der Waals surface area contributed by atoms with Gasteiger partial charge in [-0.3, -0.25) is 4.79 Å². The fourth-order valence-corrected chi connectivity index (χ4v) is 3.27. The van der Waals surface area contributed by atoms with Crippen LogP contribution in [0, 0.1) is 6.92 Å².